The van der Waals surface area contributed by atoms with Crippen LogP contribution in [-0.2, 0) is 24.5 Å². The molecule has 5 rings (SSSR count). The Morgan fingerprint density at radius 2 is 1.57 bits per heavy atom. The maximum Gasteiger partial charge on any atom is 0.323 e. The normalized spacial score (nSPS) is 14.5. The summed E-state index contributed by atoms with van der Waals surface area (Å²) < 4.78 is 31.7. The third kappa shape index (κ3) is 6.81. The topological polar surface area (TPSA) is 231 Å². The number of amides is 2. The molecule has 2 heterocycles. The van der Waals surface area contributed by atoms with Crippen LogP contribution in [0.2, 0.25) is 10.0 Å². The van der Waals surface area contributed by atoms with Crippen LogP contribution in [0.15, 0.2) is 79.6 Å². The number of aromatic amines is 2. The third-order valence-electron chi connectivity index (χ3n) is 6.32. The standard InChI is InChI=1S/C27H21Cl2N9O7S/c1-12-23(26(41)38(37-12)15-4-6-16(7-5-15)46(43,44)45)35-33-20-10-18(29)21(11-17(20)28)34-36-24(13(2)39)25(40)30-14-3-8-19-22(9-14)32-27(42)31-19/h3-11,33-34H,1-2H3,(H,30,40)(H2,31,32,42)(H,43,44,45)/b35-23-,36-24+. The molecule has 46 heavy (non-hydrogen) atoms. The number of aromatic nitrogens is 2. The van der Waals surface area contributed by atoms with Crippen LogP contribution in [-0.4, -0.2) is 57.7 Å². The van der Waals surface area contributed by atoms with E-state index in [0.717, 1.165) is 24.1 Å². The van der Waals surface area contributed by atoms with Crippen LogP contribution in [0.5, 0.6) is 0 Å². The number of Topliss-reactive ketones (excluding diaryl/α,β-unsaturated/α-hetero) is 1. The molecule has 236 valence electrons. The van der Waals surface area contributed by atoms with E-state index in [-0.39, 0.29) is 43.4 Å². The summed E-state index contributed by atoms with van der Waals surface area (Å²) in [7, 11) is -4.41. The number of H-pyrrole nitrogens is 2. The van der Waals surface area contributed by atoms with Gasteiger partial charge in [-0.15, -0.1) is 0 Å². The van der Waals surface area contributed by atoms with Gasteiger partial charge < -0.3 is 15.3 Å². The van der Waals surface area contributed by atoms with Crippen molar-refractivity contribution >= 4 is 102 Å². The lowest BCUT2D eigenvalue weighted by molar-refractivity contribution is -0.115. The molecule has 0 aliphatic carbocycles. The van der Waals surface area contributed by atoms with E-state index in [9.17, 15) is 27.6 Å². The quantitative estimate of drug-likeness (QED) is 0.0653. The molecule has 0 unspecified atom stereocenters. The third-order valence-corrected chi connectivity index (χ3v) is 7.82. The van der Waals surface area contributed by atoms with Gasteiger partial charge in [0.25, 0.3) is 16.0 Å². The Hall–Kier alpha value is -5.36. The highest BCUT2D eigenvalue weighted by atomic mass is 35.5. The predicted octanol–water partition coefficient (Wildman–Crippen LogP) is 3.60. The van der Waals surface area contributed by atoms with Gasteiger partial charge in [-0.3, -0.25) is 29.8 Å². The first-order valence-electron chi connectivity index (χ1n) is 12.9. The zero-order valence-electron chi connectivity index (χ0n) is 23.5. The lowest BCUT2D eigenvalue weighted by atomic mass is 10.2. The fraction of sp³-hybridized carbons (Fsp3) is 0.0741. The second-order valence-electron chi connectivity index (χ2n) is 9.58. The van der Waals surface area contributed by atoms with Gasteiger partial charge in [0.15, 0.2) is 17.2 Å². The number of carbonyl (C=O) groups excluding carboxylic acids is 3. The fourth-order valence-corrected chi connectivity index (χ4v) is 4.99. The smallest absolute Gasteiger partial charge is 0.320 e. The van der Waals surface area contributed by atoms with Crippen molar-refractivity contribution in [2.45, 2.75) is 18.7 Å². The van der Waals surface area contributed by atoms with E-state index in [4.69, 9.17) is 27.8 Å². The van der Waals surface area contributed by atoms with E-state index in [1.165, 1.54) is 43.3 Å². The zero-order valence-corrected chi connectivity index (χ0v) is 25.9. The molecular weight excluding hydrogens is 665 g/mol. The molecule has 3 aromatic carbocycles. The van der Waals surface area contributed by atoms with Crippen LogP contribution in [0.3, 0.4) is 0 Å². The summed E-state index contributed by atoms with van der Waals surface area (Å²) in [5.74, 6) is -2.11. The van der Waals surface area contributed by atoms with Gasteiger partial charge in [-0.2, -0.15) is 28.7 Å². The first-order valence-corrected chi connectivity index (χ1v) is 15.1. The van der Waals surface area contributed by atoms with Gasteiger partial charge in [0, 0.05) is 12.6 Å². The highest BCUT2D eigenvalue weighted by molar-refractivity contribution is 7.85. The van der Waals surface area contributed by atoms with Crippen LogP contribution in [0.1, 0.15) is 13.8 Å². The minimum Gasteiger partial charge on any atom is -0.320 e. The van der Waals surface area contributed by atoms with Crippen molar-refractivity contribution in [3.05, 3.63) is 75.1 Å². The number of hydrazone groups is 3. The number of imidazole rings is 1. The lowest BCUT2D eigenvalue weighted by Crippen LogP contribution is -2.29. The molecule has 0 atom stereocenters. The number of rotatable bonds is 9. The summed E-state index contributed by atoms with van der Waals surface area (Å²) >= 11 is 12.8. The number of ketones is 1. The van der Waals surface area contributed by atoms with Crippen molar-refractivity contribution in [2.24, 2.45) is 15.3 Å². The lowest BCUT2D eigenvalue weighted by Gasteiger charge is -2.12. The largest absolute Gasteiger partial charge is 0.323 e. The summed E-state index contributed by atoms with van der Waals surface area (Å²) in [6.45, 7) is 2.69. The summed E-state index contributed by atoms with van der Waals surface area (Å²) in [5.41, 5.74) is 6.33. The molecular formula is C27H21Cl2N9O7S. The zero-order chi connectivity index (χ0) is 33.3. The van der Waals surface area contributed by atoms with E-state index in [0.29, 0.717) is 16.7 Å². The second kappa shape index (κ2) is 12.6. The molecule has 1 aliphatic heterocycles. The van der Waals surface area contributed by atoms with E-state index >= 15 is 0 Å². The molecule has 0 bridgehead atoms. The van der Waals surface area contributed by atoms with Crippen LogP contribution < -0.4 is 26.9 Å². The Kier molecular flexibility index (Phi) is 8.75. The summed E-state index contributed by atoms with van der Waals surface area (Å²) in [6, 6.07) is 12.2. The number of nitrogens with zero attached hydrogens (tertiary/aromatic N) is 4. The monoisotopic (exact) mass is 685 g/mol. The minimum absolute atomic E-state index is 0.0599. The fourth-order valence-electron chi connectivity index (χ4n) is 4.10. The van der Waals surface area contributed by atoms with Gasteiger partial charge >= 0.3 is 11.6 Å². The highest BCUT2D eigenvalue weighted by Gasteiger charge is 2.31. The molecule has 19 heteroatoms. The Morgan fingerprint density at radius 1 is 0.935 bits per heavy atom. The molecule has 16 nitrogen and oxygen atoms in total. The summed E-state index contributed by atoms with van der Waals surface area (Å²) in [6.07, 6.45) is 0. The van der Waals surface area contributed by atoms with Crippen molar-refractivity contribution in [2.75, 3.05) is 21.2 Å². The van der Waals surface area contributed by atoms with E-state index in [2.05, 4.69) is 41.4 Å². The summed E-state index contributed by atoms with van der Waals surface area (Å²) in [4.78, 5) is 54.3. The molecule has 2 amide bonds. The van der Waals surface area contributed by atoms with Gasteiger partial charge in [0.05, 0.1) is 48.7 Å². The Bertz CT molecular complexity index is 2190. The number of benzene rings is 3. The SMILES string of the molecule is CC(=O)/C(=N\Nc1cc(Cl)c(N/N=C2\C(=O)N(c3ccc(S(=O)(=O)O)cc3)N=C2C)cc1Cl)C(=O)Nc1ccc2[nH]c(=O)[nH]c2c1. The first kappa shape index (κ1) is 32.0. The van der Waals surface area contributed by atoms with Crippen molar-refractivity contribution in [1.82, 2.24) is 9.97 Å². The van der Waals surface area contributed by atoms with Crippen LogP contribution in [0.4, 0.5) is 22.7 Å². The molecule has 0 fully saturated rings. The Labute approximate surface area is 268 Å². The average Bonchev–Trinajstić information content (AvgIpc) is 3.50. The Balaban J connectivity index is 1.29. The van der Waals surface area contributed by atoms with Crippen molar-refractivity contribution in [1.29, 1.82) is 0 Å². The first-order chi connectivity index (χ1) is 21.7. The van der Waals surface area contributed by atoms with Crippen molar-refractivity contribution < 1.29 is 27.4 Å². The Morgan fingerprint density at radius 3 is 2.20 bits per heavy atom. The predicted molar refractivity (Wildman–Crippen MR) is 174 cm³/mol. The van der Waals surface area contributed by atoms with Gasteiger partial charge in [-0.05, 0) is 61.5 Å². The highest BCUT2D eigenvalue weighted by Crippen LogP contribution is 2.33. The van der Waals surface area contributed by atoms with Crippen LogP contribution >= 0.6 is 23.2 Å². The van der Waals surface area contributed by atoms with Crippen LogP contribution in [0, 0.1) is 0 Å². The number of carbonyl (C=O) groups is 3. The number of hydrogen-bond donors (Lipinski definition) is 6. The van der Waals surface area contributed by atoms with Gasteiger partial charge in [0.2, 0.25) is 0 Å². The molecule has 4 aromatic rings. The summed E-state index contributed by atoms with van der Waals surface area (Å²) in [5, 5.41) is 15.8. The van der Waals surface area contributed by atoms with Gasteiger partial charge in [-0.1, -0.05) is 23.2 Å². The van der Waals surface area contributed by atoms with E-state index in [1.54, 1.807) is 6.07 Å². The molecule has 0 saturated heterocycles. The van der Waals surface area contributed by atoms with Gasteiger partial charge in [0.1, 0.15) is 0 Å². The molecule has 1 aromatic heterocycles. The molecule has 6 N–H and O–H groups in total. The maximum atomic E-state index is 13.0. The van der Waals surface area contributed by atoms with Crippen molar-refractivity contribution in [3.63, 3.8) is 0 Å². The minimum atomic E-state index is -4.41. The number of anilines is 4. The van der Waals surface area contributed by atoms with Gasteiger partial charge in [-0.25, -0.2) is 4.79 Å². The van der Waals surface area contributed by atoms with E-state index in [1.807, 2.05) is 0 Å². The molecule has 0 saturated carbocycles. The maximum absolute atomic E-state index is 13.0. The molecule has 0 radical (unpaired) electrons. The number of halogens is 2. The number of hydrogen-bond acceptors (Lipinski definition) is 11. The number of nitrogens with one attached hydrogen (secondary N) is 5. The second-order valence-corrected chi connectivity index (χ2v) is 11.8. The van der Waals surface area contributed by atoms with E-state index < -0.39 is 39.1 Å². The number of fused-ring (bicyclic) bond motifs is 1. The van der Waals surface area contributed by atoms with Crippen LogP contribution in [0.25, 0.3) is 11.0 Å². The average molecular weight is 686 g/mol. The molecule has 0 spiro atoms. The molecule has 1 aliphatic rings. The van der Waals surface area contributed by atoms with Crippen molar-refractivity contribution in [3.8, 4) is 0 Å².